The number of aliphatic carboxylic acids is 1. The van der Waals surface area contributed by atoms with E-state index >= 15 is 0 Å². The van der Waals surface area contributed by atoms with E-state index in [1.54, 1.807) is 0 Å². The van der Waals surface area contributed by atoms with Crippen LogP contribution < -0.4 is 5.32 Å². The first-order valence-electron chi connectivity index (χ1n) is 8.67. The molecule has 1 saturated heterocycles. The Hall–Kier alpha value is -0.610. The summed E-state index contributed by atoms with van der Waals surface area (Å²) in [6.45, 7) is 11.7. The third-order valence-corrected chi connectivity index (χ3v) is 4.72. The number of nitrogens with one attached hydrogen (secondary N) is 1. The maximum Gasteiger partial charge on any atom is 0.323 e. The van der Waals surface area contributed by atoms with Gasteiger partial charge in [-0.05, 0) is 65.0 Å². The molecule has 2 unspecified atom stereocenters. The minimum absolute atomic E-state index is 0.196. The van der Waals surface area contributed by atoms with Gasteiger partial charge in [-0.25, -0.2) is 0 Å². The first-order chi connectivity index (χ1) is 9.93. The fourth-order valence-electron chi connectivity index (χ4n) is 3.59. The number of nitrogens with zero attached hydrogens (tertiary/aromatic N) is 1. The van der Waals surface area contributed by atoms with Crippen LogP contribution in [-0.2, 0) is 4.79 Å². The van der Waals surface area contributed by atoms with E-state index in [9.17, 15) is 9.90 Å². The van der Waals surface area contributed by atoms with Gasteiger partial charge in [0.05, 0.1) is 0 Å². The Labute approximate surface area is 130 Å². The Kier molecular flexibility index (Phi) is 7.67. The van der Waals surface area contributed by atoms with Crippen LogP contribution >= 0.6 is 0 Å². The van der Waals surface area contributed by atoms with Crippen molar-refractivity contribution in [2.24, 2.45) is 5.92 Å². The Morgan fingerprint density at radius 3 is 2.67 bits per heavy atom. The molecule has 0 aromatic carbocycles. The minimum Gasteiger partial charge on any atom is -0.480 e. The maximum atomic E-state index is 11.7. The van der Waals surface area contributed by atoms with Crippen LogP contribution in [0.1, 0.15) is 66.2 Å². The van der Waals surface area contributed by atoms with Crippen LogP contribution in [0.2, 0.25) is 0 Å². The summed E-state index contributed by atoms with van der Waals surface area (Å²) in [7, 11) is 0. The van der Waals surface area contributed by atoms with Gasteiger partial charge in [0.25, 0.3) is 0 Å². The van der Waals surface area contributed by atoms with Crippen molar-refractivity contribution in [3.63, 3.8) is 0 Å². The number of hydrogen-bond acceptors (Lipinski definition) is 3. The summed E-state index contributed by atoms with van der Waals surface area (Å²) < 4.78 is 0. The lowest BCUT2D eigenvalue weighted by Gasteiger charge is -2.32. The normalized spacial score (nSPS) is 22.6. The molecular formula is C17H34N2O2. The van der Waals surface area contributed by atoms with Crippen molar-refractivity contribution in [3.05, 3.63) is 0 Å². The van der Waals surface area contributed by atoms with Gasteiger partial charge in [-0.15, -0.1) is 0 Å². The number of hydrogen-bond donors (Lipinski definition) is 2. The molecule has 0 aromatic rings. The topological polar surface area (TPSA) is 52.6 Å². The van der Waals surface area contributed by atoms with Crippen molar-refractivity contribution in [1.29, 1.82) is 0 Å². The molecule has 1 fully saturated rings. The standard InChI is InChI=1S/C17H34N2O2/c1-5-8-15-9-12-19(13-15)11-7-10-17(6-2,16(20)21)18-14(3)4/h14-15,18H,5-13H2,1-4H3,(H,20,21). The summed E-state index contributed by atoms with van der Waals surface area (Å²) in [5.74, 6) is 0.156. The summed E-state index contributed by atoms with van der Waals surface area (Å²) >= 11 is 0. The van der Waals surface area contributed by atoms with Crippen molar-refractivity contribution in [2.45, 2.75) is 77.8 Å². The highest BCUT2D eigenvalue weighted by molar-refractivity contribution is 5.78. The summed E-state index contributed by atoms with van der Waals surface area (Å²) in [6.07, 6.45) is 6.23. The highest BCUT2D eigenvalue weighted by Gasteiger charge is 2.36. The van der Waals surface area contributed by atoms with Gasteiger partial charge in [0.1, 0.15) is 5.54 Å². The quantitative estimate of drug-likeness (QED) is 0.650. The van der Waals surface area contributed by atoms with E-state index in [2.05, 4.69) is 17.1 Å². The first kappa shape index (κ1) is 18.4. The van der Waals surface area contributed by atoms with Crippen LogP contribution in [0.4, 0.5) is 0 Å². The number of carbonyl (C=O) groups is 1. The molecule has 2 atom stereocenters. The lowest BCUT2D eigenvalue weighted by molar-refractivity contribution is -0.145. The molecule has 2 N–H and O–H groups in total. The SMILES string of the molecule is CCCC1CCN(CCCC(CC)(NC(C)C)C(=O)O)C1. The van der Waals surface area contributed by atoms with Crippen LogP contribution in [0.25, 0.3) is 0 Å². The Balaban J connectivity index is 2.42. The molecule has 1 aliphatic rings. The Bertz CT molecular complexity index is 320. The predicted octanol–water partition coefficient (Wildman–Crippen LogP) is 3.12. The first-order valence-corrected chi connectivity index (χ1v) is 8.67. The predicted molar refractivity (Wildman–Crippen MR) is 87.6 cm³/mol. The van der Waals surface area contributed by atoms with E-state index in [1.807, 2.05) is 20.8 Å². The number of rotatable bonds is 10. The molecule has 0 bridgehead atoms. The molecule has 4 heteroatoms. The van der Waals surface area contributed by atoms with Gasteiger partial charge >= 0.3 is 5.97 Å². The lowest BCUT2D eigenvalue weighted by Crippen LogP contribution is -2.54. The third kappa shape index (κ3) is 5.59. The molecule has 0 amide bonds. The maximum absolute atomic E-state index is 11.7. The monoisotopic (exact) mass is 298 g/mol. The molecule has 21 heavy (non-hydrogen) atoms. The molecule has 0 radical (unpaired) electrons. The zero-order valence-corrected chi connectivity index (χ0v) is 14.3. The molecule has 1 rings (SSSR count). The second-order valence-electron chi connectivity index (χ2n) is 6.89. The van der Waals surface area contributed by atoms with E-state index in [-0.39, 0.29) is 6.04 Å². The van der Waals surface area contributed by atoms with Crippen molar-refractivity contribution < 1.29 is 9.90 Å². The number of carboxylic acids is 1. The van der Waals surface area contributed by atoms with Crippen LogP contribution in [0.5, 0.6) is 0 Å². The summed E-state index contributed by atoms with van der Waals surface area (Å²) in [5.41, 5.74) is -0.753. The van der Waals surface area contributed by atoms with Crippen LogP contribution in [-0.4, -0.2) is 47.2 Å². The molecule has 0 aliphatic carbocycles. The fraction of sp³-hybridized carbons (Fsp3) is 0.941. The molecule has 0 saturated carbocycles. The van der Waals surface area contributed by atoms with Crippen LogP contribution in [0.3, 0.4) is 0 Å². The molecule has 0 aromatic heterocycles. The highest BCUT2D eigenvalue weighted by atomic mass is 16.4. The van der Waals surface area contributed by atoms with E-state index in [0.29, 0.717) is 12.8 Å². The number of likely N-dealkylation sites (tertiary alicyclic amines) is 1. The molecule has 4 nitrogen and oxygen atoms in total. The summed E-state index contributed by atoms with van der Waals surface area (Å²) in [4.78, 5) is 14.2. The van der Waals surface area contributed by atoms with Gasteiger partial charge < -0.3 is 10.0 Å². The molecular weight excluding hydrogens is 264 g/mol. The Morgan fingerprint density at radius 2 is 2.14 bits per heavy atom. The van der Waals surface area contributed by atoms with Gasteiger partial charge in [-0.2, -0.15) is 0 Å². The second-order valence-corrected chi connectivity index (χ2v) is 6.89. The smallest absolute Gasteiger partial charge is 0.323 e. The van der Waals surface area contributed by atoms with Crippen molar-refractivity contribution >= 4 is 5.97 Å². The minimum atomic E-state index is -0.753. The van der Waals surface area contributed by atoms with Crippen molar-refractivity contribution in [2.75, 3.05) is 19.6 Å². The second kappa shape index (κ2) is 8.74. The van der Waals surface area contributed by atoms with Crippen LogP contribution in [0, 0.1) is 5.92 Å². The largest absolute Gasteiger partial charge is 0.480 e. The third-order valence-electron chi connectivity index (χ3n) is 4.72. The average molecular weight is 298 g/mol. The van der Waals surface area contributed by atoms with Gasteiger partial charge in [-0.1, -0.05) is 20.3 Å². The fourth-order valence-corrected chi connectivity index (χ4v) is 3.59. The van der Waals surface area contributed by atoms with Gasteiger partial charge in [0, 0.05) is 12.6 Å². The van der Waals surface area contributed by atoms with E-state index in [1.165, 1.54) is 32.4 Å². The number of carboxylic acid groups (broad SMARTS) is 1. The van der Waals surface area contributed by atoms with Gasteiger partial charge in [0.2, 0.25) is 0 Å². The average Bonchev–Trinajstić information content (AvgIpc) is 2.85. The zero-order valence-electron chi connectivity index (χ0n) is 14.3. The van der Waals surface area contributed by atoms with Crippen molar-refractivity contribution in [1.82, 2.24) is 10.2 Å². The molecule has 124 valence electrons. The Morgan fingerprint density at radius 1 is 1.43 bits per heavy atom. The van der Waals surface area contributed by atoms with Gasteiger partial charge in [0.15, 0.2) is 0 Å². The van der Waals surface area contributed by atoms with Crippen LogP contribution in [0.15, 0.2) is 0 Å². The summed E-state index contributed by atoms with van der Waals surface area (Å²) in [5, 5.41) is 12.9. The van der Waals surface area contributed by atoms with E-state index in [0.717, 1.165) is 18.9 Å². The molecule has 1 aliphatic heterocycles. The molecule has 1 heterocycles. The van der Waals surface area contributed by atoms with Crippen molar-refractivity contribution in [3.8, 4) is 0 Å². The highest BCUT2D eigenvalue weighted by Crippen LogP contribution is 2.23. The van der Waals surface area contributed by atoms with E-state index in [4.69, 9.17) is 0 Å². The lowest BCUT2D eigenvalue weighted by atomic mass is 9.89. The van der Waals surface area contributed by atoms with E-state index < -0.39 is 11.5 Å². The molecule has 0 spiro atoms. The van der Waals surface area contributed by atoms with Gasteiger partial charge in [-0.3, -0.25) is 10.1 Å². The summed E-state index contributed by atoms with van der Waals surface area (Å²) in [6, 6.07) is 0.196. The zero-order chi connectivity index (χ0) is 15.9.